The molecule has 0 atom stereocenters. The van der Waals surface area contributed by atoms with Gasteiger partial charge in [0, 0.05) is 110 Å². The van der Waals surface area contributed by atoms with Gasteiger partial charge in [-0.05, 0) is 84.6 Å². The molecule has 2 aliphatic rings. The highest BCUT2D eigenvalue weighted by molar-refractivity contribution is 7.10. The van der Waals surface area contributed by atoms with Gasteiger partial charge in [-0.3, -0.25) is 9.80 Å². The third kappa shape index (κ3) is 10.7. The molecule has 4 heterocycles. The van der Waals surface area contributed by atoms with Gasteiger partial charge in [-0.1, -0.05) is 59.6 Å². The van der Waals surface area contributed by atoms with E-state index in [1.165, 1.54) is 34.2 Å². The number of rotatable bonds is 10. The third-order valence-electron chi connectivity index (χ3n) is 9.90. The minimum Gasteiger partial charge on any atom is -0.344 e. The molecule has 8 rings (SSSR count). The summed E-state index contributed by atoms with van der Waals surface area (Å²) in [6.45, 7) is 10.0. The normalized spacial score (nSPS) is 14.8. The Labute approximate surface area is 346 Å². The molecule has 0 N–H and O–H groups in total. The van der Waals surface area contributed by atoms with Crippen molar-refractivity contribution in [1.82, 2.24) is 28.5 Å². The van der Waals surface area contributed by atoms with E-state index in [1.54, 1.807) is 18.2 Å². The van der Waals surface area contributed by atoms with E-state index in [2.05, 4.69) is 64.8 Å². The lowest BCUT2D eigenvalue weighted by Gasteiger charge is -2.34. The topological polar surface area (TPSA) is 112 Å². The molecule has 2 saturated heterocycles. The van der Waals surface area contributed by atoms with Crippen LogP contribution in [0.15, 0.2) is 97.1 Å². The molecule has 2 aliphatic heterocycles. The van der Waals surface area contributed by atoms with Gasteiger partial charge in [-0.15, -0.1) is 0 Å². The summed E-state index contributed by atoms with van der Waals surface area (Å²) < 4.78 is 9.00. The van der Waals surface area contributed by atoms with Gasteiger partial charge in [-0.25, -0.2) is 0 Å². The van der Waals surface area contributed by atoms with Gasteiger partial charge in [0.1, 0.15) is 0 Å². The minimum absolute atomic E-state index is 0.628. The molecule has 10 nitrogen and oxygen atoms in total. The summed E-state index contributed by atoms with van der Waals surface area (Å²) >= 11 is 14.8. The van der Waals surface area contributed by atoms with Crippen molar-refractivity contribution in [3.8, 4) is 34.9 Å². The Bertz CT molecular complexity index is 2250. The van der Waals surface area contributed by atoms with Crippen LogP contribution in [-0.4, -0.2) is 94.0 Å². The number of anilines is 2. The van der Waals surface area contributed by atoms with Crippen LogP contribution in [0.25, 0.3) is 22.8 Å². The van der Waals surface area contributed by atoms with Crippen LogP contribution in [0.3, 0.4) is 0 Å². The van der Waals surface area contributed by atoms with E-state index in [-0.39, 0.29) is 0 Å². The lowest BCUT2D eigenvalue weighted by Crippen LogP contribution is -2.47. The lowest BCUT2D eigenvalue weighted by atomic mass is 10.1. The van der Waals surface area contributed by atoms with Crippen molar-refractivity contribution in [2.45, 2.75) is 12.8 Å². The number of halogens is 2. The van der Waals surface area contributed by atoms with E-state index in [0.717, 1.165) is 116 Å². The molecule has 2 fully saturated rings. The summed E-state index contributed by atoms with van der Waals surface area (Å²) in [5, 5.41) is 21.5. The fraction of sp³-hybridized carbons (Fsp3) is 0.286. The quantitative estimate of drug-likeness (QED) is 0.134. The van der Waals surface area contributed by atoms with Crippen LogP contribution in [0.5, 0.6) is 0 Å². The number of nitrogens with zero attached hydrogens (tertiary/aromatic N) is 10. The van der Waals surface area contributed by atoms with Crippen LogP contribution >= 0.6 is 46.3 Å². The Balaban J connectivity index is 0.000000172. The summed E-state index contributed by atoms with van der Waals surface area (Å²) in [6.07, 6.45) is 2.08. The SMILES string of the molecule is N#Cc1ccc(-c2nsc(N3CCN(CCc4ccc(Cl)cc4)CC3)n2)cc1.N#Cc1cccc(-c2nsc(N3CCN(CCc4ccc(Cl)cc4)CC3)n2)c1. The molecule has 0 saturated carbocycles. The second-order valence-corrected chi connectivity index (χ2v) is 15.9. The van der Waals surface area contributed by atoms with Crippen LogP contribution < -0.4 is 9.80 Å². The maximum Gasteiger partial charge on any atom is 0.205 e. The Morgan fingerprint density at radius 2 is 1.00 bits per heavy atom. The number of hydrogen-bond donors (Lipinski definition) is 0. The zero-order valence-corrected chi connectivity index (χ0v) is 33.9. The smallest absolute Gasteiger partial charge is 0.205 e. The highest BCUT2D eigenvalue weighted by Gasteiger charge is 2.22. The van der Waals surface area contributed by atoms with Crippen molar-refractivity contribution < 1.29 is 0 Å². The highest BCUT2D eigenvalue weighted by atomic mass is 35.5. The summed E-state index contributed by atoms with van der Waals surface area (Å²) in [4.78, 5) is 19.0. The fourth-order valence-electron chi connectivity index (χ4n) is 6.55. The molecule has 0 amide bonds. The van der Waals surface area contributed by atoms with Gasteiger partial charge in [0.15, 0.2) is 11.6 Å². The standard InChI is InChI=1S/2C21H20ClN5S/c22-19-7-3-16(4-8-19)9-10-26-11-13-27(14-12-26)21-24-20(25-28-21)18-5-1-17(15-23)2-6-18;22-19-6-4-16(5-7-19)8-9-26-10-12-27(13-11-26)21-24-20(25-28-21)18-3-1-2-17(14-18)15-23/h1-8H,9-14H2;1-7,14H,8-13H2. The zero-order chi connectivity index (χ0) is 38.7. The number of benzene rings is 4. The monoisotopic (exact) mass is 818 g/mol. The van der Waals surface area contributed by atoms with Crippen LogP contribution in [0.2, 0.25) is 10.0 Å². The van der Waals surface area contributed by atoms with Crippen LogP contribution in [-0.2, 0) is 12.8 Å². The predicted octanol–water partition coefficient (Wildman–Crippen LogP) is 8.19. The zero-order valence-electron chi connectivity index (χ0n) is 30.8. The highest BCUT2D eigenvalue weighted by Crippen LogP contribution is 2.27. The minimum atomic E-state index is 0.628. The largest absolute Gasteiger partial charge is 0.344 e. The van der Waals surface area contributed by atoms with Crippen molar-refractivity contribution in [1.29, 1.82) is 10.5 Å². The Kier molecular flexibility index (Phi) is 13.5. The molecule has 6 aromatic rings. The molecule has 2 aromatic heterocycles. The van der Waals surface area contributed by atoms with E-state index in [4.69, 9.17) is 43.7 Å². The maximum absolute atomic E-state index is 9.06. The van der Waals surface area contributed by atoms with E-state index >= 15 is 0 Å². The molecule has 0 unspecified atom stereocenters. The number of hydrogen-bond acceptors (Lipinski definition) is 12. The Hall–Kier alpha value is -4.92. The van der Waals surface area contributed by atoms with Crippen LogP contribution in [0.1, 0.15) is 22.3 Å². The molecular weight excluding hydrogens is 780 g/mol. The average molecular weight is 820 g/mol. The van der Waals surface area contributed by atoms with Gasteiger partial charge in [0.25, 0.3) is 0 Å². The first-order valence-electron chi connectivity index (χ1n) is 18.5. The van der Waals surface area contributed by atoms with Gasteiger partial charge in [0.2, 0.25) is 10.3 Å². The van der Waals surface area contributed by atoms with E-state index in [1.807, 2.05) is 54.6 Å². The molecule has 0 spiro atoms. The van der Waals surface area contributed by atoms with E-state index < -0.39 is 0 Å². The first kappa shape index (κ1) is 39.3. The Morgan fingerprint density at radius 1 is 0.536 bits per heavy atom. The molecule has 284 valence electrons. The fourth-order valence-corrected chi connectivity index (χ4v) is 8.28. The molecule has 0 radical (unpaired) electrons. The predicted molar refractivity (Wildman–Crippen MR) is 228 cm³/mol. The summed E-state index contributed by atoms with van der Waals surface area (Å²) in [7, 11) is 0. The maximum atomic E-state index is 9.06. The summed E-state index contributed by atoms with van der Waals surface area (Å²) in [5.41, 5.74) is 5.76. The molecule has 56 heavy (non-hydrogen) atoms. The van der Waals surface area contributed by atoms with Gasteiger partial charge < -0.3 is 9.80 Å². The van der Waals surface area contributed by atoms with Crippen molar-refractivity contribution >= 4 is 56.5 Å². The lowest BCUT2D eigenvalue weighted by molar-refractivity contribution is 0.261. The van der Waals surface area contributed by atoms with E-state index in [9.17, 15) is 0 Å². The first-order valence-corrected chi connectivity index (χ1v) is 20.8. The molecule has 4 aromatic carbocycles. The number of piperazine rings is 2. The van der Waals surface area contributed by atoms with Crippen molar-refractivity contribution in [3.05, 3.63) is 129 Å². The average Bonchev–Trinajstić information content (AvgIpc) is 3.96. The van der Waals surface area contributed by atoms with Gasteiger partial charge in [-0.2, -0.15) is 29.2 Å². The number of aromatic nitrogens is 4. The second kappa shape index (κ2) is 19.3. The second-order valence-electron chi connectivity index (χ2n) is 13.6. The van der Waals surface area contributed by atoms with Gasteiger partial charge in [0.05, 0.1) is 23.3 Å². The van der Waals surface area contributed by atoms with Crippen molar-refractivity contribution in [3.63, 3.8) is 0 Å². The van der Waals surface area contributed by atoms with Crippen LogP contribution in [0.4, 0.5) is 10.3 Å². The Morgan fingerprint density at radius 3 is 1.46 bits per heavy atom. The van der Waals surface area contributed by atoms with E-state index in [0.29, 0.717) is 17.0 Å². The third-order valence-corrected chi connectivity index (χ3v) is 12.0. The molecule has 14 heteroatoms. The van der Waals surface area contributed by atoms with Crippen molar-refractivity contribution in [2.24, 2.45) is 0 Å². The summed E-state index contributed by atoms with van der Waals surface area (Å²) in [5.74, 6) is 1.43. The first-order chi connectivity index (χ1) is 27.4. The molecule has 0 aliphatic carbocycles. The molecule has 0 bridgehead atoms. The number of nitriles is 2. The summed E-state index contributed by atoms with van der Waals surface area (Å²) in [6, 6.07) is 35.4. The van der Waals surface area contributed by atoms with Crippen molar-refractivity contribution in [2.75, 3.05) is 75.2 Å². The van der Waals surface area contributed by atoms with Gasteiger partial charge >= 0.3 is 0 Å². The molecular formula is C42H40Cl2N10S2. The van der Waals surface area contributed by atoms with Crippen LogP contribution in [0, 0.1) is 22.7 Å².